The van der Waals surface area contributed by atoms with Gasteiger partial charge in [0, 0.05) is 31.7 Å². The molecule has 1 saturated carbocycles. The number of pyridine rings is 1. The first-order valence-corrected chi connectivity index (χ1v) is 13.8. The number of nitrogens with zero attached hydrogens (tertiary/aromatic N) is 3. The maximum Gasteiger partial charge on any atom is 0.416 e. The van der Waals surface area contributed by atoms with Crippen LogP contribution in [0.4, 0.5) is 13.2 Å². The summed E-state index contributed by atoms with van der Waals surface area (Å²) in [6, 6.07) is 0.379. The summed E-state index contributed by atoms with van der Waals surface area (Å²) in [6.07, 6.45) is 2.50. The number of aromatic amines is 1. The number of alkyl halides is 3. The normalized spacial score (nSPS) is 23.9. The smallest absolute Gasteiger partial charge is 0.393 e. The molecule has 1 saturated heterocycles. The predicted octanol–water partition coefficient (Wildman–Crippen LogP) is 2.93. The first kappa shape index (κ1) is 27.2. The number of allylic oxidation sites excluding steroid dienone is 2. The van der Waals surface area contributed by atoms with Crippen molar-refractivity contribution in [1.82, 2.24) is 24.8 Å². The molecule has 208 valence electrons. The van der Waals surface area contributed by atoms with Crippen LogP contribution in [-0.4, -0.2) is 72.2 Å². The molecule has 0 unspecified atom stereocenters. The topological polar surface area (TPSA) is 141 Å². The number of rotatable bonds is 8. The monoisotopic (exact) mass is 564 g/mol. The third-order valence-corrected chi connectivity index (χ3v) is 9.59. The fourth-order valence-corrected chi connectivity index (χ4v) is 7.45. The summed E-state index contributed by atoms with van der Waals surface area (Å²) >= 11 is 0. The highest BCUT2D eigenvalue weighted by molar-refractivity contribution is 7.93. The molecular formula is C25H27F3N6O4S. The highest BCUT2D eigenvalue weighted by Crippen LogP contribution is 2.51. The minimum atomic E-state index is -4.66. The fourth-order valence-electron chi connectivity index (χ4n) is 5.71. The van der Waals surface area contributed by atoms with Crippen LogP contribution < -0.4 is 5.32 Å². The lowest BCUT2D eigenvalue weighted by atomic mass is 9.60. The Bertz CT molecular complexity index is 1460. The van der Waals surface area contributed by atoms with Crippen molar-refractivity contribution in [2.24, 2.45) is 5.41 Å². The number of hydrogen-bond acceptors (Lipinski definition) is 8. The molecule has 2 fully saturated rings. The van der Waals surface area contributed by atoms with Gasteiger partial charge in [-0.2, -0.15) is 22.6 Å². The van der Waals surface area contributed by atoms with Crippen molar-refractivity contribution < 1.29 is 31.1 Å². The average molecular weight is 565 g/mol. The molecule has 5 rings (SSSR count). The number of hydrogen-bond donors (Lipinski definition) is 3. The lowest BCUT2D eigenvalue weighted by Gasteiger charge is -2.49. The molecule has 2 atom stereocenters. The molecule has 2 aromatic rings. The molecule has 3 N–H and O–H groups in total. The minimum Gasteiger partial charge on any atom is -0.393 e. The van der Waals surface area contributed by atoms with Crippen LogP contribution in [0.25, 0.3) is 6.08 Å². The number of H-pyrrole nitrogens is 1. The van der Waals surface area contributed by atoms with Gasteiger partial charge in [0.2, 0.25) is 10.0 Å². The third kappa shape index (κ3) is 4.70. The van der Waals surface area contributed by atoms with E-state index < -0.39 is 45.0 Å². The molecule has 0 aromatic carbocycles. The first-order valence-electron chi connectivity index (χ1n) is 12.3. The van der Waals surface area contributed by atoms with E-state index in [-0.39, 0.29) is 36.7 Å². The molecule has 1 aliphatic heterocycles. The molecule has 0 bridgehead atoms. The van der Waals surface area contributed by atoms with Crippen LogP contribution in [0.2, 0.25) is 0 Å². The molecule has 2 aromatic heterocycles. The Morgan fingerprint density at radius 3 is 2.74 bits per heavy atom. The number of nitrogens with one attached hydrogen (secondary N) is 3. The summed E-state index contributed by atoms with van der Waals surface area (Å²) < 4.78 is 74.6. The van der Waals surface area contributed by atoms with Crippen molar-refractivity contribution in [3.63, 3.8) is 0 Å². The van der Waals surface area contributed by atoms with Crippen LogP contribution in [0.15, 0.2) is 41.2 Å². The third-order valence-electron chi connectivity index (χ3n) is 7.61. The van der Waals surface area contributed by atoms with Crippen LogP contribution in [0.5, 0.6) is 0 Å². The number of aromatic nitrogens is 3. The van der Waals surface area contributed by atoms with Gasteiger partial charge in [0.1, 0.15) is 10.6 Å². The van der Waals surface area contributed by atoms with E-state index in [1.54, 1.807) is 12.3 Å². The number of carbonyl (C=O) groups excluding carboxylic acids is 1. The second kappa shape index (κ2) is 9.99. The molecule has 10 nitrogen and oxygen atoms in total. The Balaban J connectivity index is 1.60. The van der Waals surface area contributed by atoms with Crippen LogP contribution in [0.3, 0.4) is 0 Å². The van der Waals surface area contributed by atoms with Crippen molar-refractivity contribution in [3.05, 3.63) is 63.7 Å². The zero-order valence-corrected chi connectivity index (χ0v) is 21.8. The van der Waals surface area contributed by atoms with Gasteiger partial charge in [-0.05, 0) is 49.5 Å². The molecule has 14 heteroatoms. The Hall–Kier alpha value is -3.36. The van der Waals surface area contributed by atoms with Gasteiger partial charge in [-0.15, -0.1) is 0 Å². The summed E-state index contributed by atoms with van der Waals surface area (Å²) in [4.78, 5) is 17.9. The molecule has 2 aliphatic carbocycles. The Morgan fingerprint density at radius 2 is 2.10 bits per heavy atom. The number of fused-ring (bicyclic) bond motifs is 2. The quantitative estimate of drug-likeness (QED) is 0.331. The average Bonchev–Trinajstić information content (AvgIpc) is 3.33. The summed E-state index contributed by atoms with van der Waals surface area (Å²) in [5.41, 5.74) is -0.536. The van der Waals surface area contributed by atoms with E-state index in [2.05, 4.69) is 20.5 Å². The highest BCUT2D eigenvalue weighted by Gasteiger charge is 2.53. The molecule has 0 radical (unpaired) electrons. The summed E-state index contributed by atoms with van der Waals surface area (Å²) in [7, 11) is -2.65. The molecular weight excluding hydrogens is 537 g/mol. The number of halogens is 3. The number of ketones is 1. The zero-order valence-electron chi connectivity index (χ0n) is 21.0. The summed E-state index contributed by atoms with van der Waals surface area (Å²) in [6.45, 7) is 0.316. The number of Topliss-reactive ketones (excluding diaryl/α,β-unsaturated/α-hetero) is 1. The second-order valence-corrected chi connectivity index (χ2v) is 11.7. The Labute approximate surface area is 222 Å². The van der Waals surface area contributed by atoms with Crippen molar-refractivity contribution in [3.8, 4) is 0 Å². The maximum atomic E-state index is 14.2. The number of carbonyl (C=O) groups is 1. The fraction of sp³-hybridized carbons (Fsp3) is 0.440. The van der Waals surface area contributed by atoms with E-state index >= 15 is 0 Å². The van der Waals surface area contributed by atoms with E-state index in [9.17, 15) is 26.4 Å². The summed E-state index contributed by atoms with van der Waals surface area (Å²) in [5.74, 6) is -0.600. The molecule has 3 aliphatic rings. The van der Waals surface area contributed by atoms with Gasteiger partial charge in [-0.1, -0.05) is 5.57 Å². The van der Waals surface area contributed by atoms with E-state index in [1.165, 1.54) is 17.6 Å². The van der Waals surface area contributed by atoms with Gasteiger partial charge in [0.15, 0.2) is 5.78 Å². The molecule has 3 heterocycles. The predicted molar refractivity (Wildman–Crippen MR) is 135 cm³/mol. The van der Waals surface area contributed by atoms with Gasteiger partial charge in [-0.3, -0.25) is 14.9 Å². The Morgan fingerprint density at radius 1 is 1.33 bits per heavy atom. The van der Waals surface area contributed by atoms with Crippen molar-refractivity contribution >= 4 is 28.1 Å². The van der Waals surface area contributed by atoms with Gasteiger partial charge >= 0.3 is 6.18 Å². The number of ether oxygens (including phenoxy) is 1. The molecule has 0 spiro atoms. The van der Waals surface area contributed by atoms with Crippen LogP contribution in [0, 0.1) is 10.8 Å². The van der Waals surface area contributed by atoms with E-state index in [0.29, 0.717) is 29.7 Å². The summed E-state index contributed by atoms with van der Waals surface area (Å²) in [5, 5.41) is 17.3. The number of sulfonamides is 1. The van der Waals surface area contributed by atoms with Crippen LogP contribution >= 0.6 is 0 Å². The Kier molecular flexibility index (Phi) is 6.97. The molecule has 0 amide bonds. The highest BCUT2D eigenvalue weighted by atomic mass is 32.2. The standard InChI is InChI=1S/C25H27F3N6O4S/c1-30-12-20(10-29)39(36,37)34(19-13-38-14-19)18-3-2-16-6-21-15(11-32-33-21)8-24(16,9-18)23(35)22-7-17(4-5-31-22)25(26,27)28/h4-7,10-12,18-19,29-30H,2-3,8-9,13-14H2,1H3,(H,32,33)/b20-12+,29-10?/t18-,24-/m0/s1. The van der Waals surface area contributed by atoms with Gasteiger partial charge in [0.05, 0.1) is 42.1 Å². The van der Waals surface area contributed by atoms with Gasteiger partial charge < -0.3 is 15.5 Å². The first-order chi connectivity index (χ1) is 18.5. The van der Waals surface area contributed by atoms with E-state index in [1.807, 2.05) is 0 Å². The van der Waals surface area contributed by atoms with Crippen LogP contribution in [0.1, 0.15) is 46.6 Å². The lowest BCUT2D eigenvalue weighted by molar-refractivity contribution is -0.137. The van der Waals surface area contributed by atoms with Crippen LogP contribution in [-0.2, 0) is 27.4 Å². The SMILES string of the molecule is CN/C=C(\C=N)S(=O)(=O)N(C1COC1)[C@H]1CCC2=Cc3[nH]ncc3C[C@]2(C(=O)c2cc(C(F)(F)F)ccn2)C1. The minimum absolute atomic E-state index is 0.0285. The van der Waals surface area contributed by atoms with Crippen molar-refractivity contribution in [2.45, 2.75) is 43.9 Å². The second-order valence-electron chi connectivity index (χ2n) is 9.90. The van der Waals surface area contributed by atoms with Gasteiger partial charge in [0.25, 0.3) is 0 Å². The molecule has 39 heavy (non-hydrogen) atoms. The zero-order chi connectivity index (χ0) is 28.0. The lowest BCUT2D eigenvalue weighted by Crippen LogP contribution is -2.59. The van der Waals surface area contributed by atoms with E-state index in [4.69, 9.17) is 10.1 Å². The largest absolute Gasteiger partial charge is 0.416 e. The van der Waals surface area contributed by atoms with Crippen molar-refractivity contribution in [1.29, 1.82) is 5.41 Å². The van der Waals surface area contributed by atoms with Crippen molar-refractivity contribution in [2.75, 3.05) is 20.3 Å². The van der Waals surface area contributed by atoms with Gasteiger partial charge in [-0.25, -0.2) is 8.42 Å². The maximum absolute atomic E-state index is 14.2. The van der Waals surface area contributed by atoms with E-state index in [0.717, 1.165) is 24.5 Å².